The Balaban J connectivity index is 1.41. The summed E-state index contributed by atoms with van der Waals surface area (Å²) in [5.74, 6) is 1.54. The highest BCUT2D eigenvalue weighted by Gasteiger charge is 2.41. The van der Waals surface area contributed by atoms with Crippen molar-refractivity contribution in [3.63, 3.8) is 0 Å². The van der Waals surface area contributed by atoms with Crippen LogP contribution in [0.15, 0.2) is 170 Å². The summed E-state index contributed by atoms with van der Waals surface area (Å²) in [5, 5.41) is 5.00. The second-order valence-electron chi connectivity index (χ2n) is 14.6. The molecule has 10 aromatic rings. The summed E-state index contributed by atoms with van der Waals surface area (Å²) in [6.45, 7) is 4.80. The molecule has 3 heterocycles. The van der Waals surface area contributed by atoms with E-state index < -0.39 is 0 Å². The maximum atomic E-state index is 5.44. The Hall–Kier alpha value is -6.78. The van der Waals surface area contributed by atoms with E-state index >= 15 is 0 Å². The van der Waals surface area contributed by atoms with Gasteiger partial charge in [0.15, 0.2) is 5.82 Å². The summed E-state index contributed by atoms with van der Waals surface area (Å²) < 4.78 is 4.92. The average molecular weight is 679 g/mol. The van der Waals surface area contributed by atoms with Crippen LogP contribution in [0, 0.1) is 0 Å². The molecule has 0 saturated carbocycles. The van der Waals surface area contributed by atoms with Gasteiger partial charge in [0.25, 0.3) is 0 Å². The fourth-order valence-corrected chi connectivity index (χ4v) is 9.06. The van der Waals surface area contributed by atoms with Gasteiger partial charge < -0.3 is 4.57 Å². The van der Waals surface area contributed by atoms with Crippen LogP contribution in [-0.2, 0) is 5.41 Å². The summed E-state index contributed by atoms with van der Waals surface area (Å²) in [6, 6.07) is 60.6. The standard InChI is InChI=1S/C49H34N4/c1-49(2)37-27-15-12-24-34(37)42-45(49)43-35-25-13-16-28-39(35)52(33-22-10-5-11-23-33)46(43)44-36-26-14-17-29-40(36)53(47(42)44)41-30-38(31-18-6-3-7-19-31)50-48(51-41)32-20-8-4-9-21-32/h3-30H,1-2H3. The SMILES string of the molecule is CC1(C)c2ccccc2-c2c1c1c3ccccc3n(-c3ccccc3)c1c1c3ccccc3n(-c3cc(-c4ccccc4)nc(-c4ccccc4)n3)c21. The van der Waals surface area contributed by atoms with Crippen molar-refractivity contribution < 1.29 is 0 Å². The van der Waals surface area contributed by atoms with E-state index in [1.807, 2.05) is 6.07 Å². The molecule has 0 amide bonds. The minimum Gasteiger partial charge on any atom is -0.309 e. The smallest absolute Gasteiger partial charge is 0.162 e. The Morgan fingerprint density at radius 2 is 1.06 bits per heavy atom. The zero-order valence-electron chi connectivity index (χ0n) is 29.5. The maximum absolute atomic E-state index is 5.44. The van der Waals surface area contributed by atoms with Gasteiger partial charge in [-0.1, -0.05) is 153 Å². The molecule has 0 fully saturated rings. The van der Waals surface area contributed by atoms with Crippen LogP contribution in [-0.4, -0.2) is 19.1 Å². The molecule has 0 spiro atoms. The van der Waals surface area contributed by atoms with E-state index in [2.05, 4.69) is 187 Å². The van der Waals surface area contributed by atoms with Gasteiger partial charge in [-0.25, -0.2) is 9.97 Å². The molecule has 0 radical (unpaired) electrons. The first-order valence-corrected chi connectivity index (χ1v) is 18.3. The summed E-state index contributed by atoms with van der Waals surface area (Å²) in [6.07, 6.45) is 0. The number of aromatic nitrogens is 4. The second kappa shape index (κ2) is 11.1. The third-order valence-corrected chi connectivity index (χ3v) is 11.3. The summed E-state index contributed by atoms with van der Waals surface area (Å²) in [5.41, 5.74) is 13.8. The number of rotatable bonds is 4. The van der Waals surface area contributed by atoms with E-state index in [1.54, 1.807) is 0 Å². The molecule has 0 unspecified atom stereocenters. The van der Waals surface area contributed by atoms with Crippen molar-refractivity contribution in [1.82, 2.24) is 19.1 Å². The van der Waals surface area contributed by atoms with Gasteiger partial charge in [0.1, 0.15) is 5.82 Å². The van der Waals surface area contributed by atoms with Crippen LogP contribution in [0.1, 0.15) is 25.0 Å². The van der Waals surface area contributed by atoms with E-state index in [0.29, 0.717) is 5.82 Å². The molecule has 53 heavy (non-hydrogen) atoms. The van der Waals surface area contributed by atoms with Gasteiger partial charge in [-0.3, -0.25) is 4.57 Å². The fourth-order valence-electron chi connectivity index (χ4n) is 9.06. The van der Waals surface area contributed by atoms with E-state index in [-0.39, 0.29) is 5.41 Å². The van der Waals surface area contributed by atoms with Gasteiger partial charge >= 0.3 is 0 Å². The van der Waals surface area contributed by atoms with Crippen molar-refractivity contribution >= 4 is 43.6 Å². The molecule has 7 aromatic carbocycles. The largest absolute Gasteiger partial charge is 0.309 e. The molecule has 0 bridgehead atoms. The zero-order chi connectivity index (χ0) is 35.3. The number of nitrogens with zero attached hydrogens (tertiary/aromatic N) is 4. The van der Waals surface area contributed by atoms with E-state index in [1.165, 1.54) is 60.3 Å². The quantitative estimate of drug-likeness (QED) is 0.186. The molecule has 0 aliphatic heterocycles. The number of fused-ring (bicyclic) bond motifs is 12. The van der Waals surface area contributed by atoms with Gasteiger partial charge in [-0.2, -0.15) is 0 Å². The van der Waals surface area contributed by atoms with Crippen molar-refractivity contribution in [2.45, 2.75) is 19.3 Å². The van der Waals surface area contributed by atoms with E-state index in [0.717, 1.165) is 33.8 Å². The highest BCUT2D eigenvalue weighted by Crippen LogP contribution is 2.58. The maximum Gasteiger partial charge on any atom is 0.162 e. The van der Waals surface area contributed by atoms with E-state index in [9.17, 15) is 0 Å². The third-order valence-electron chi connectivity index (χ3n) is 11.3. The van der Waals surface area contributed by atoms with E-state index in [4.69, 9.17) is 9.97 Å². The van der Waals surface area contributed by atoms with Crippen LogP contribution < -0.4 is 0 Å². The molecule has 4 nitrogen and oxygen atoms in total. The molecule has 250 valence electrons. The lowest BCUT2D eigenvalue weighted by Crippen LogP contribution is -2.15. The summed E-state index contributed by atoms with van der Waals surface area (Å²) in [7, 11) is 0. The number of para-hydroxylation sites is 3. The molecular weight excluding hydrogens is 645 g/mol. The van der Waals surface area contributed by atoms with Crippen LogP contribution in [0.5, 0.6) is 0 Å². The lowest BCUT2D eigenvalue weighted by Gasteiger charge is -2.23. The van der Waals surface area contributed by atoms with Crippen molar-refractivity contribution in [2.24, 2.45) is 0 Å². The molecule has 1 aliphatic carbocycles. The van der Waals surface area contributed by atoms with Crippen LogP contribution in [0.25, 0.3) is 88.9 Å². The molecular formula is C49H34N4. The number of hydrogen-bond donors (Lipinski definition) is 0. The summed E-state index contributed by atoms with van der Waals surface area (Å²) >= 11 is 0. The average Bonchev–Trinajstić information content (AvgIpc) is 3.82. The number of hydrogen-bond acceptors (Lipinski definition) is 2. The fraction of sp³-hybridized carbons (Fsp3) is 0.0612. The van der Waals surface area contributed by atoms with Crippen molar-refractivity contribution in [3.05, 3.63) is 181 Å². The van der Waals surface area contributed by atoms with Crippen molar-refractivity contribution in [3.8, 4) is 45.3 Å². The topological polar surface area (TPSA) is 35.6 Å². The van der Waals surface area contributed by atoms with Gasteiger partial charge in [0.2, 0.25) is 0 Å². The first kappa shape index (κ1) is 29.9. The first-order chi connectivity index (χ1) is 26.1. The molecule has 1 aliphatic rings. The highest BCUT2D eigenvalue weighted by molar-refractivity contribution is 6.31. The third kappa shape index (κ3) is 4.18. The van der Waals surface area contributed by atoms with Crippen molar-refractivity contribution in [2.75, 3.05) is 0 Å². The second-order valence-corrected chi connectivity index (χ2v) is 14.6. The summed E-state index contributed by atoms with van der Waals surface area (Å²) in [4.78, 5) is 10.6. The lowest BCUT2D eigenvalue weighted by molar-refractivity contribution is 0.667. The Bertz CT molecular complexity index is 3000. The van der Waals surface area contributed by atoms with Gasteiger partial charge in [-0.15, -0.1) is 0 Å². The minimum atomic E-state index is -0.263. The number of benzene rings is 7. The monoisotopic (exact) mass is 678 g/mol. The van der Waals surface area contributed by atoms with Crippen LogP contribution >= 0.6 is 0 Å². The van der Waals surface area contributed by atoms with Gasteiger partial charge in [0.05, 0.1) is 27.8 Å². The van der Waals surface area contributed by atoms with Crippen LogP contribution in [0.2, 0.25) is 0 Å². The zero-order valence-corrected chi connectivity index (χ0v) is 29.5. The molecule has 4 heteroatoms. The Kier molecular flexibility index (Phi) is 6.27. The molecule has 0 N–H and O–H groups in total. The molecule has 0 saturated heterocycles. The molecule has 3 aromatic heterocycles. The normalized spacial score (nSPS) is 13.2. The highest BCUT2D eigenvalue weighted by atomic mass is 15.1. The molecule has 0 atom stereocenters. The Morgan fingerprint density at radius 1 is 0.491 bits per heavy atom. The first-order valence-electron chi connectivity index (χ1n) is 18.3. The Morgan fingerprint density at radius 3 is 1.77 bits per heavy atom. The van der Waals surface area contributed by atoms with Crippen LogP contribution in [0.4, 0.5) is 0 Å². The van der Waals surface area contributed by atoms with Gasteiger partial charge in [0, 0.05) is 55.4 Å². The Labute approximate surface area is 307 Å². The predicted molar refractivity (Wildman–Crippen MR) is 219 cm³/mol. The van der Waals surface area contributed by atoms with Crippen molar-refractivity contribution in [1.29, 1.82) is 0 Å². The predicted octanol–water partition coefficient (Wildman–Crippen LogP) is 12.3. The minimum absolute atomic E-state index is 0.263. The van der Waals surface area contributed by atoms with Crippen LogP contribution in [0.3, 0.4) is 0 Å². The lowest BCUT2D eigenvalue weighted by atomic mass is 9.80. The molecule has 11 rings (SSSR count). The van der Waals surface area contributed by atoms with Gasteiger partial charge in [-0.05, 0) is 41.0 Å².